The Morgan fingerprint density at radius 3 is 2.75 bits per heavy atom. The molecule has 0 fully saturated rings. The van der Waals surface area contributed by atoms with Gasteiger partial charge in [0.15, 0.2) is 0 Å². The summed E-state index contributed by atoms with van der Waals surface area (Å²) in [7, 11) is 0. The van der Waals surface area contributed by atoms with E-state index < -0.39 is 24.1 Å². The first-order valence-corrected chi connectivity index (χ1v) is 4.61. The summed E-state index contributed by atoms with van der Waals surface area (Å²) in [6.45, 7) is 1.74. The number of esters is 1. The van der Waals surface area contributed by atoms with Crippen molar-refractivity contribution in [3.63, 3.8) is 0 Å². The molecule has 0 amide bonds. The number of carbonyl (C=O) groups excluding carboxylic acids is 1. The molecule has 0 aromatic carbocycles. The number of ether oxygens (including phenoxy) is 1. The third-order valence-electron chi connectivity index (χ3n) is 1.86. The SMILES string of the molecule is CCOC(=O)Cc1ccncc1C(F)(F)F. The molecule has 0 bridgehead atoms. The van der Waals surface area contributed by atoms with Crippen LogP contribution in [0.3, 0.4) is 0 Å². The number of carbonyl (C=O) groups is 1. The van der Waals surface area contributed by atoms with Gasteiger partial charge in [-0.15, -0.1) is 0 Å². The first-order valence-electron chi connectivity index (χ1n) is 4.61. The van der Waals surface area contributed by atoms with Crippen LogP contribution in [0, 0.1) is 0 Å². The van der Waals surface area contributed by atoms with Crippen molar-refractivity contribution in [1.82, 2.24) is 4.98 Å². The molecule has 0 saturated heterocycles. The average molecular weight is 233 g/mol. The van der Waals surface area contributed by atoms with Crippen molar-refractivity contribution in [2.45, 2.75) is 19.5 Å². The lowest BCUT2D eigenvalue weighted by Gasteiger charge is -2.11. The van der Waals surface area contributed by atoms with Crippen molar-refractivity contribution >= 4 is 5.97 Å². The van der Waals surface area contributed by atoms with E-state index in [2.05, 4.69) is 9.72 Å². The number of alkyl halides is 3. The highest BCUT2D eigenvalue weighted by Gasteiger charge is 2.34. The molecular formula is C10H10F3NO2. The third-order valence-corrected chi connectivity index (χ3v) is 1.86. The van der Waals surface area contributed by atoms with Crippen LogP contribution in [-0.2, 0) is 22.1 Å². The minimum absolute atomic E-state index is 0.124. The molecule has 0 N–H and O–H groups in total. The van der Waals surface area contributed by atoms with Crippen LogP contribution >= 0.6 is 0 Å². The summed E-state index contributed by atoms with van der Waals surface area (Å²) in [5, 5.41) is 0. The molecule has 1 rings (SSSR count). The Morgan fingerprint density at radius 1 is 1.50 bits per heavy atom. The normalized spacial score (nSPS) is 11.2. The van der Waals surface area contributed by atoms with E-state index in [4.69, 9.17) is 0 Å². The maximum atomic E-state index is 12.5. The first kappa shape index (κ1) is 12.5. The fourth-order valence-electron chi connectivity index (χ4n) is 1.20. The fraction of sp³-hybridized carbons (Fsp3) is 0.400. The molecule has 1 aromatic heterocycles. The third kappa shape index (κ3) is 3.22. The van der Waals surface area contributed by atoms with E-state index in [1.165, 1.54) is 12.3 Å². The quantitative estimate of drug-likeness (QED) is 0.751. The molecule has 3 nitrogen and oxygen atoms in total. The summed E-state index contributed by atoms with van der Waals surface area (Å²) in [5.74, 6) is -0.681. The number of pyridine rings is 1. The Balaban J connectivity index is 2.92. The van der Waals surface area contributed by atoms with Crippen LogP contribution in [0.4, 0.5) is 13.2 Å². The van der Waals surface area contributed by atoms with Crippen LogP contribution in [-0.4, -0.2) is 17.6 Å². The van der Waals surface area contributed by atoms with Crippen LogP contribution in [0.1, 0.15) is 18.1 Å². The van der Waals surface area contributed by atoms with Crippen LogP contribution in [0.15, 0.2) is 18.5 Å². The van der Waals surface area contributed by atoms with Crippen LogP contribution in [0.2, 0.25) is 0 Å². The standard InChI is InChI=1S/C10H10F3NO2/c1-2-16-9(15)5-7-3-4-14-6-8(7)10(11,12)13/h3-4,6H,2,5H2,1H3. The maximum absolute atomic E-state index is 12.5. The van der Waals surface area contributed by atoms with Crippen molar-refractivity contribution in [1.29, 1.82) is 0 Å². The zero-order valence-electron chi connectivity index (χ0n) is 8.54. The predicted molar refractivity (Wildman–Crippen MR) is 49.6 cm³/mol. The van der Waals surface area contributed by atoms with Crippen molar-refractivity contribution in [2.75, 3.05) is 6.61 Å². The summed E-state index contributed by atoms with van der Waals surface area (Å²) in [4.78, 5) is 14.5. The zero-order valence-corrected chi connectivity index (χ0v) is 8.54. The highest BCUT2D eigenvalue weighted by Crippen LogP contribution is 2.31. The van der Waals surface area contributed by atoms with E-state index in [1.807, 2.05) is 0 Å². The smallest absolute Gasteiger partial charge is 0.418 e. The molecule has 88 valence electrons. The Labute approximate surface area is 90.2 Å². The molecule has 0 spiro atoms. The first-order chi connectivity index (χ1) is 7.45. The van der Waals surface area contributed by atoms with Gasteiger partial charge in [0, 0.05) is 12.4 Å². The Kier molecular flexibility index (Phi) is 3.87. The van der Waals surface area contributed by atoms with Gasteiger partial charge in [0.25, 0.3) is 0 Å². The van der Waals surface area contributed by atoms with Gasteiger partial charge in [0.05, 0.1) is 18.6 Å². The molecule has 0 aliphatic carbocycles. The van der Waals surface area contributed by atoms with Gasteiger partial charge < -0.3 is 4.74 Å². The van der Waals surface area contributed by atoms with E-state index in [0.29, 0.717) is 6.20 Å². The van der Waals surface area contributed by atoms with Crippen molar-refractivity contribution < 1.29 is 22.7 Å². The molecule has 16 heavy (non-hydrogen) atoms. The van der Waals surface area contributed by atoms with Crippen LogP contribution in [0.25, 0.3) is 0 Å². The number of halogens is 3. The monoisotopic (exact) mass is 233 g/mol. The Hall–Kier alpha value is -1.59. The van der Waals surface area contributed by atoms with Gasteiger partial charge >= 0.3 is 12.1 Å². The second-order valence-corrected chi connectivity index (χ2v) is 3.01. The molecule has 1 aromatic rings. The van der Waals surface area contributed by atoms with Gasteiger partial charge in [0.2, 0.25) is 0 Å². The van der Waals surface area contributed by atoms with Gasteiger partial charge in [-0.2, -0.15) is 13.2 Å². The fourth-order valence-corrected chi connectivity index (χ4v) is 1.20. The molecule has 0 unspecified atom stereocenters. The summed E-state index contributed by atoms with van der Waals surface area (Å²) in [5.41, 5.74) is -1.02. The lowest BCUT2D eigenvalue weighted by molar-refractivity contribution is -0.143. The second-order valence-electron chi connectivity index (χ2n) is 3.01. The summed E-state index contributed by atoms with van der Waals surface area (Å²) in [6.07, 6.45) is -2.99. The zero-order chi connectivity index (χ0) is 12.2. The lowest BCUT2D eigenvalue weighted by atomic mass is 10.1. The van der Waals surface area contributed by atoms with E-state index in [1.54, 1.807) is 6.92 Å². The molecule has 0 saturated carbocycles. The molecule has 6 heteroatoms. The minimum Gasteiger partial charge on any atom is -0.466 e. The van der Waals surface area contributed by atoms with Crippen molar-refractivity contribution in [2.24, 2.45) is 0 Å². The molecule has 0 aliphatic heterocycles. The number of rotatable bonds is 3. The predicted octanol–water partition coefficient (Wildman–Crippen LogP) is 2.21. The number of aromatic nitrogens is 1. The van der Waals surface area contributed by atoms with E-state index >= 15 is 0 Å². The summed E-state index contributed by atoms with van der Waals surface area (Å²) in [6, 6.07) is 1.17. The lowest BCUT2D eigenvalue weighted by Crippen LogP contribution is -2.14. The molecule has 1 heterocycles. The van der Waals surface area contributed by atoms with E-state index in [-0.39, 0.29) is 12.2 Å². The second kappa shape index (κ2) is 4.96. The number of hydrogen-bond donors (Lipinski definition) is 0. The van der Waals surface area contributed by atoms with Gasteiger partial charge in [-0.3, -0.25) is 9.78 Å². The average Bonchev–Trinajstić information content (AvgIpc) is 2.17. The van der Waals surface area contributed by atoms with E-state index in [0.717, 1.165) is 0 Å². The largest absolute Gasteiger partial charge is 0.466 e. The van der Waals surface area contributed by atoms with Crippen molar-refractivity contribution in [3.05, 3.63) is 29.6 Å². The number of nitrogens with zero attached hydrogens (tertiary/aromatic N) is 1. The van der Waals surface area contributed by atoms with Gasteiger partial charge in [-0.25, -0.2) is 0 Å². The summed E-state index contributed by atoms with van der Waals surface area (Å²) < 4.78 is 42.1. The molecule has 0 radical (unpaired) electrons. The Morgan fingerprint density at radius 2 is 2.19 bits per heavy atom. The van der Waals surface area contributed by atoms with E-state index in [9.17, 15) is 18.0 Å². The van der Waals surface area contributed by atoms with Crippen LogP contribution < -0.4 is 0 Å². The maximum Gasteiger partial charge on any atom is 0.418 e. The Bertz CT molecular complexity index is 377. The van der Waals surface area contributed by atoms with Crippen LogP contribution in [0.5, 0.6) is 0 Å². The van der Waals surface area contributed by atoms with Gasteiger partial charge in [0.1, 0.15) is 0 Å². The molecular weight excluding hydrogens is 223 g/mol. The molecule has 0 atom stereocenters. The molecule has 0 aliphatic rings. The topological polar surface area (TPSA) is 39.2 Å². The highest BCUT2D eigenvalue weighted by molar-refractivity contribution is 5.73. The van der Waals surface area contributed by atoms with Crippen molar-refractivity contribution in [3.8, 4) is 0 Å². The van der Waals surface area contributed by atoms with Gasteiger partial charge in [-0.05, 0) is 18.6 Å². The highest BCUT2D eigenvalue weighted by atomic mass is 19.4. The minimum atomic E-state index is -4.50. The number of hydrogen-bond acceptors (Lipinski definition) is 3. The summed E-state index contributed by atoms with van der Waals surface area (Å²) >= 11 is 0. The van der Waals surface area contributed by atoms with Gasteiger partial charge in [-0.1, -0.05) is 0 Å².